The van der Waals surface area contributed by atoms with E-state index in [-0.39, 0.29) is 18.9 Å². The lowest BCUT2D eigenvalue weighted by atomic mass is 10.1. The van der Waals surface area contributed by atoms with Crippen molar-refractivity contribution in [3.63, 3.8) is 0 Å². The molecule has 6 nitrogen and oxygen atoms in total. The third kappa shape index (κ3) is 7.47. The molecule has 1 rings (SSSR count). The standard InChI is InChI=1S/C16H26N2O4S/c1-4-10-17-16(19)9-12-18(23(3,20)21)11-8-14-6-5-7-15(13-14)22-2/h5-7,13H,4,8-12H2,1-3H3,(H,17,19). The van der Waals surface area contributed by atoms with Gasteiger partial charge in [-0.2, -0.15) is 0 Å². The fourth-order valence-corrected chi connectivity index (χ4v) is 2.95. The quantitative estimate of drug-likeness (QED) is 0.698. The van der Waals surface area contributed by atoms with Crippen LogP contribution >= 0.6 is 0 Å². The van der Waals surface area contributed by atoms with E-state index in [0.29, 0.717) is 19.5 Å². The monoisotopic (exact) mass is 342 g/mol. The van der Waals surface area contributed by atoms with Crippen molar-refractivity contribution >= 4 is 15.9 Å². The van der Waals surface area contributed by atoms with Crippen molar-refractivity contribution < 1.29 is 17.9 Å². The Bertz CT molecular complexity index is 602. The molecule has 7 heteroatoms. The summed E-state index contributed by atoms with van der Waals surface area (Å²) in [7, 11) is -1.75. The van der Waals surface area contributed by atoms with Gasteiger partial charge in [-0.05, 0) is 30.5 Å². The molecule has 23 heavy (non-hydrogen) atoms. The second-order valence-corrected chi connectivity index (χ2v) is 7.35. The topological polar surface area (TPSA) is 75.7 Å². The second-order valence-electron chi connectivity index (χ2n) is 5.36. The maximum Gasteiger partial charge on any atom is 0.221 e. The normalized spacial score (nSPS) is 11.5. The average molecular weight is 342 g/mol. The predicted molar refractivity (Wildman–Crippen MR) is 91.0 cm³/mol. The molecular formula is C16H26N2O4S. The van der Waals surface area contributed by atoms with Crippen LogP contribution in [0.5, 0.6) is 5.75 Å². The van der Waals surface area contributed by atoms with Crippen molar-refractivity contribution in [2.45, 2.75) is 26.2 Å². The van der Waals surface area contributed by atoms with Gasteiger partial charge in [-0.1, -0.05) is 19.1 Å². The number of nitrogens with one attached hydrogen (secondary N) is 1. The van der Waals surface area contributed by atoms with Crippen LogP contribution in [0.2, 0.25) is 0 Å². The summed E-state index contributed by atoms with van der Waals surface area (Å²) in [6.45, 7) is 3.12. The summed E-state index contributed by atoms with van der Waals surface area (Å²) in [5, 5.41) is 2.75. The van der Waals surface area contributed by atoms with Crippen LogP contribution in [0.25, 0.3) is 0 Å². The number of carbonyl (C=O) groups is 1. The first kappa shape index (κ1) is 19.4. The molecule has 1 aromatic rings. The summed E-state index contributed by atoms with van der Waals surface area (Å²) in [6, 6.07) is 7.53. The van der Waals surface area contributed by atoms with E-state index in [1.807, 2.05) is 31.2 Å². The van der Waals surface area contributed by atoms with Crippen LogP contribution in [0.1, 0.15) is 25.3 Å². The van der Waals surface area contributed by atoms with Gasteiger partial charge in [0.2, 0.25) is 15.9 Å². The number of benzene rings is 1. The van der Waals surface area contributed by atoms with E-state index in [1.165, 1.54) is 10.6 Å². The Kier molecular flexibility index (Phi) is 8.05. The van der Waals surface area contributed by atoms with Crippen LogP contribution in [0.3, 0.4) is 0 Å². The maximum atomic E-state index is 11.9. The lowest BCUT2D eigenvalue weighted by Gasteiger charge is -2.19. The van der Waals surface area contributed by atoms with Gasteiger partial charge < -0.3 is 10.1 Å². The van der Waals surface area contributed by atoms with Crippen LogP contribution < -0.4 is 10.1 Å². The Morgan fingerprint density at radius 3 is 2.65 bits per heavy atom. The molecule has 0 bridgehead atoms. The Balaban J connectivity index is 2.60. The molecule has 0 aliphatic heterocycles. The molecule has 0 aliphatic carbocycles. The average Bonchev–Trinajstić information content (AvgIpc) is 2.51. The lowest BCUT2D eigenvalue weighted by Crippen LogP contribution is -2.36. The van der Waals surface area contributed by atoms with Crippen LogP contribution in [0.4, 0.5) is 0 Å². The van der Waals surface area contributed by atoms with E-state index >= 15 is 0 Å². The molecule has 1 N–H and O–H groups in total. The minimum Gasteiger partial charge on any atom is -0.497 e. The van der Waals surface area contributed by atoms with Gasteiger partial charge in [-0.15, -0.1) is 0 Å². The molecular weight excluding hydrogens is 316 g/mol. The minimum atomic E-state index is -3.34. The zero-order valence-electron chi connectivity index (χ0n) is 14.0. The van der Waals surface area contributed by atoms with Gasteiger partial charge in [-0.25, -0.2) is 12.7 Å². The summed E-state index contributed by atoms with van der Waals surface area (Å²) in [4.78, 5) is 11.6. The van der Waals surface area contributed by atoms with Crippen molar-refractivity contribution in [3.05, 3.63) is 29.8 Å². The van der Waals surface area contributed by atoms with Gasteiger partial charge in [-0.3, -0.25) is 4.79 Å². The Morgan fingerprint density at radius 2 is 2.04 bits per heavy atom. The summed E-state index contributed by atoms with van der Waals surface area (Å²) in [6.07, 6.45) is 2.77. The van der Waals surface area contributed by atoms with Crippen LogP contribution in [-0.4, -0.2) is 51.6 Å². The number of methoxy groups -OCH3 is 1. The van der Waals surface area contributed by atoms with Crippen molar-refractivity contribution in [2.75, 3.05) is 33.0 Å². The molecule has 0 heterocycles. The van der Waals surface area contributed by atoms with Gasteiger partial charge in [0.1, 0.15) is 5.75 Å². The van der Waals surface area contributed by atoms with Crippen molar-refractivity contribution in [2.24, 2.45) is 0 Å². The Labute approximate surface area is 138 Å². The summed E-state index contributed by atoms with van der Waals surface area (Å²) >= 11 is 0. The first-order valence-electron chi connectivity index (χ1n) is 7.71. The molecule has 0 saturated carbocycles. The molecule has 0 aromatic heterocycles. The van der Waals surface area contributed by atoms with Crippen LogP contribution in [0.15, 0.2) is 24.3 Å². The van der Waals surface area contributed by atoms with Crippen molar-refractivity contribution in [1.82, 2.24) is 9.62 Å². The van der Waals surface area contributed by atoms with E-state index in [0.717, 1.165) is 17.7 Å². The zero-order valence-corrected chi connectivity index (χ0v) is 14.9. The van der Waals surface area contributed by atoms with Crippen LogP contribution in [-0.2, 0) is 21.2 Å². The summed E-state index contributed by atoms with van der Waals surface area (Å²) in [5.41, 5.74) is 0.994. The molecule has 0 saturated heterocycles. The molecule has 0 unspecified atom stereocenters. The number of rotatable bonds is 10. The largest absolute Gasteiger partial charge is 0.497 e. The number of hydrogen-bond donors (Lipinski definition) is 1. The SMILES string of the molecule is CCCNC(=O)CCN(CCc1cccc(OC)c1)S(C)(=O)=O. The fourth-order valence-electron chi connectivity index (χ4n) is 2.10. The molecule has 0 aliphatic rings. The highest BCUT2D eigenvalue weighted by molar-refractivity contribution is 7.88. The molecule has 1 amide bonds. The van der Waals surface area contributed by atoms with Crippen molar-refractivity contribution in [3.8, 4) is 5.75 Å². The van der Waals surface area contributed by atoms with E-state index < -0.39 is 10.0 Å². The minimum absolute atomic E-state index is 0.123. The van der Waals surface area contributed by atoms with Gasteiger partial charge in [0, 0.05) is 26.1 Å². The van der Waals surface area contributed by atoms with E-state index in [9.17, 15) is 13.2 Å². The third-order valence-electron chi connectivity index (χ3n) is 3.41. The Morgan fingerprint density at radius 1 is 1.30 bits per heavy atom. The van der Waals surface area contributed by atoms with Gasteiger partial charge in [0.05, 0.1) is 13.4 Å². The third-order valence-corrected chi connectivity index (χ3v) is 4.72. The summed E-state index contributed by atoms with van der Waals surface area (Å²) < 4.78 is 30.2. The zero-order chi connectivity index (χ0) is 17.3. The molecule has 130 valence electrons. The van der Waals surface area contributed by atoms with Gasteiger partial charge in [0.15, 0.2) is 0 Å². The maximum absolute atomic E-state index is 11.9. The number of sulfonamides is 1. The predicted octanol–water partition coefficient (Wildman–Crippen LogP) is 1.42. The summed E-state index contributed by atoms with van der Waals surface area (Å²) in [5.74, 6) is 0.620. The smallest absolute Gasteiger partial charge is 0.221 e. The lowest BCUT2D eigenvalue weighted by molar-refractivity contribution is -0.121. The highest BCUT2D eigenvalue weighted by Crippen LogP contribution is 2.14. The number of ether oxygens (including phenoxy) is 1. The molecule has 0 atom stereocenters. The van der Waals surface area contributed by atoms with E-state index in [1.54, 1.807) is 7.11 Å². The van der Waals surface area contributed by atoms with Crippen LogP contribution in [0, 0.1) is 0 Å². The number of amides is 1. The number of hydrogen-bond acceptors (Lipinski definition) is 4. The van der Waals surface area contributed by atoms with Crippen molar-refractivity contribution in [1.29, 1.82) is 0 Å². The highest BCUT2D eigenvalue weighted by atomic mass is 32.2. The van der Waals surface area contributed by atoms with Gasteiger partial charge in [0.25, 0.3) is 0 Å². The van der Waals surface area contributed by atoms with E-state index in [4.69, 9.17) is 4.74 Å². The number of nitrogens with zero attached hydrogens (tertiary/aromatic N) is 1. The van der Waals surface area contributed by atoms with Gasteiger partial charge >= 0.3 is 0 Å². The van der Waals surface area contributed by atoms with E-state index in [2.05, 4.69) is 5.32 Å². The molecule has 0 spiro atoms. The second kappa shape index (κ2) is 9.52. The molecule has 1 aromatic carbocycles. The number of carbonyl (C=O) groups excluding carboxylic acids is 1. The Hall–Kier alpha value is -1.60. The highest BCUT2D eigenvalue weighted by Gasteiger charge is 2.17. The first-order chi connectivity index (χ1) is 10.9. The fraction of sp³-hybridized carbons (Fsp3) is 0.562. The molecule has 0 radical (unpaired) electrons. The molecule has 0 fully saturated rings. The first-order valence-corrected chi connectivity index (χ1v) is 9.56.